The fourth-order valence-electron chi connectivity index (χ4n) is 3.59. The van der Waals surface area contributed by atoms with Crippen LogP contribution in [0.1, 0.15) is 62.5 Å². The van der Waals surface area contributed by atoms with Gasteiger partial charge < -0.3 is 15.1 Å². The van der Waals surface area contributed by atoms with E-state index in [-0.39, 0.29) is 11.5 Å². The smallest absolute Gasteiger partial charge is 0.191 e. The highest BCUT2D eigenvalue weighted by Crippen LogP contribution is 2.25. The van der Waals surface area contributed by atoms with Gasteiger partial charge in [-0.05, 0) is 38.1 Å². The number of thiazole rings is 1. The molecule has 3 heterocycles. The third-order valence-corrected chi connectivity index (χ3v) is 6.25. The van der Waals surface area contributed by atoms with Crippen LogP contribution in [0, 0.1) is 0 Å². The van der Waals surface area contributed by atoms with E-state index >= 15 is 0 Å². The number of piperidine rings is 1. The predicted molar refractivity (Wildman–Crippen MR) is 121 cm³/mol. The molecule has 29 heavy (non-hydrogen) atoms. The van der Waals surface area contributed by atoms with Gasteiger partial charge in [-0.2, -0.15) is 0 Å². The third kappa shape index (κ3) is 6.31. The molecule has 0 aromatic carbocycles. The molecule has 2 N–H and O–H groups in total. The van der Waals surface area contributed by atoms with E-state index in [0.29, 0.717) is 0 Å². The fraction of sp³-hybridized carbons (Fsp3) is 0.636. The largest absolute Gasteiger partial charge is 0.468 e. The lowest BCUT2D eigenvalue weighted by Gasteiger charge is -2.33. The van der Waals surface area contributed by atoms with E-state index < -0.39 is 0 Å². The number of aliphatic imine (C=N–C) groups is 1. The van der Waals surface area contributed by atoms with Crippen LogP contribution >= 0.6 is 11.3 Å². The maximum Gasteiger partial charge on any atom is 0.191 e. The predicted octanol–water partition coefficient (Wildman–Crippen LogP) is 3.97. The van der Waals surface area contributed by atoms with Crippen molar-refractivity contribution in [3.8, 4) is 0 Å². The normalized spacial score (nSPS) is 17.3. The Balaban J connectivity index is 1.50. The van der Waals surface area contributed by atoms with Crippen LogP contribution in [0.15, 0.2) is 33.2 Å². The summed E-state index contributed by atoms with van der Waals surface area (Å²) >= 11 is 1.74. The van der Waals surface area contributed by atoms with Crippen molar-refractivity contribution in [2.24, 2.45) is 4.99 Å². The molecule has 1 saturated heterocycles. The van der Waals surface area contributed by atoms with Crippen molar-refractivity contribution in [2.75, 3.05) is 33.2 Å². The maximum atomic E-state index is 5.73. The highest BCUT2D eigenvalue weighted by molar-refractivity contribution is 7.09. The zero-order chi connectivity index (χ0) is 20.7. The van der Waals surface area contributed by atoms with E-state index in [1.165, 1.54) is 30.0 Å². The van der Waals surface area contributed by atoms with Crippen molar-refractivity contribution >= 4 is 17.3 Å². The number of nitrogens with one attached hydrogen (secondary N) is 2. The number of hydrogen-bond acceptors (Lipinski definition) is 5. The van der Waals surface area contributed by atoms with Crippen LogP contribution in [0.4, 0.5) is 0 Å². The molecule has 0 spiro atoms. The van der Waals surface area contributed by atoms with Gasteiger partial charge in [-0.1, -0.05) is 27.2 Å². The first-order valence-electron chi connectivity index (χ1n) is 10.6. The highest BCUT2D eigenvalue weighted by atomic mass is 32.1. The molecule has 1 aliphatic heterocycles. The lowest BCUT2D eigenvalue weighted by Crippen LogP contribution is -2.44. The summed E-state index contributed by atoms with van der Waals surface area (Å²) in [6.45, 7) is 10.4. The third-order valence-electron chi connectivity index (χ3n) is 5.34. The van der Waals surface area contributed by atoms with Gasteiger partial charge in [0, 0.05) is 37.4 Å². The summed E-state index contributed by atoms with van der Waals surface area (Å²) < 4.78 is 5.73. The van der Waals surface area contributed by atoms with Crippen LogP contribution in [0.3, 0.4) is 0 Å². The molecule has 1 unspecified atom stereocenters. The molecule has 0 amide bonds. The van der Waals surface area contributed by atoms with Gasteiger partial charge in [0.25, 0.3) is 0 Å². The number of hydrogen-bond donors (Lipinski definition) is 2. The lowest BCUT2D eigenvalue weighted by atomic mass is 9.93. The van der Waals surface area contributed by atoms with Crippen molar-refractivity contribution in [3.05, 3.63) is 40.2 Å². The second-order valence-corrected chi connectivity index (χ2v) is 9.58. The summed E-state index contributed by atoms with van der Waals surface area (Å²) in [5, 5.41) is 10.3. The average molecular weight is 418 g/mol. The van der Waals surface area contributed by atoms with Crippen LogP contribution in [0.25, 0.3) is 0 Å². The first-order chi connectivity index (χ1) is 14.0. The van der Waals surface area contributed by atoms with E-state index in [9.17, 15) is 0 Å². The molecule has 0 saturated carbocycles. The summed E-state index contributed by atoms with van der Waals surface area (Å²) in [5.74, 6) is 1.85. The minimum Gasteiger partial charge on any atom is -0.468 e. The Hall–Kier alpha value is -1.86. The van der Waals surface area contributed by atoms with E-state index in [1.54, 1.807) is 17.6 Å². The summed E-state index contributed by atoms with van der Waals surface area (Å²) in [5.41, 5.74) is 1.28. The van der Waals surface area contributed by atoms with Gasteiger partial charge in [-0.25, -0.2) is 4.98 Å². The first-order valence-corrected chi connectivity index (χ1v) is 11.5. The molecule has 2 aromatic rings. The van der Waals surface area contributed by atoms with Gasteiger partial charge in [-0.15, -0.1) is 11.3 Å². The molecule has 6 nitrogen and oxygen atoms in total. The maximum absolute atomic E-state index is 5.73. The van der Waals surface area contributed by atoms with E-state index in [0.717, 1.165) is 44.3 Å². The minimum atomic E-state index is 0.106. The molecule has 1 fully saturated rings. The SMILES string of the molecule is CN=C(NCCc1nc(C(C)(C)C)cs1)NCC(c1ccco1)N1CCCCC1. The number of furan rings is 1. The summed E-state index contributed by atoms with van der Waals surface area (Å²) in [6.07, 6.45) is 6.50. The Bertz CT molecular complexity index is 757. The van der Waals surface area contributed by atoms with Crippen molar-refractivity contribution in [1.29, 1.82) is 0 Å². The molecule has 0 radical (unpaired) electrons. The molecule has 0 bridgehead atoms. The van der Waals surface area contributed by atoms with Crippen LogP contribution in [0.2, 0.25) is 0 Å². The van der Waals surface area contributed by atoms with Crippen LogP contribution in [-0.4, -0.2) is 49.1 Å². The summed E-state index contributed by atoms with van der Waals surface area (Å²) in [4.78, 5) is 11.7. The van der Waals surface area contributed by atoms with Gasteiger partial charge in [0.1, 0.15) is 5.76 Å². The highest BCUT2D eigenvalue weighted by Gasteiger charge is 2.24. The second-order valence-electron chi connectivity index (χ2n) is 8.63. The number of rotatable bonds is 7. The van der Waals surface area contributed by atoms with Gasteiger partial charge in [-0.3, -0.25) is 9.89 Å². The number of nitrogens with zero attached hydrogens (tertiary/aromatic N) is 3. The Morgan fingerprint density at radius 3 is 2.69 bits per heavy atom. The second kappa shape index (κ2) is 10.3. The van der Waals surface area contributed by atoms with Crippen LogP contribution in [-0.2, 0) is 11.8 Å². The van der Waals surface area contributed by atoms with E-state index in [4.69, 9.17) is 9.40 Å². The summed E-state index contributed by atoms with van der Waals surface area (Å²) in [7, 11) is 1.82. The van der Waals surface area contributed by atoms with Crippen molar-refractivity contribution in [1.82, 2.24) is 20.5 Å². The molecule has 3 rings (SSSR count). The number of aromatic nitrogens is 1. The zero-order valence-corrected chi connectivity index (χ0v) is 19.0. The van der Waals surface area contributed by atoms with Gasteiger partial charge in [0.15, 0.2) is 5.96 Å². The Morgan fingerprint density at radius 2 is 2.07 bits per heavy atom. The minimum absolute atomic E-state index is 0.106. The van der Waals surface area contributed by atoms with Crippen LogP contribution < -0.4 is 10.6 Å². The molecule has 160 valence electrons. The average Bonchev–Trinajstić information content (AvgIpc) is 3.39. The topological polar surface area (TPSA) is 65.7 Å². The van der Waals surface area contributed by atoms with Gasteiger partial charge >= 0.3 is 0 Å². The number of likely N-dealkylation sites (tertiary alicyclic amines) is 1. The van der Waals surface area contributed by atoms with Crippen molar-refractivity contribution < 1.29 is 4.42 Å². The zero-order valence-electron chi connectivity index (χ0n) is 18.2. The Kier molecular flexibility index (Phi) is 7.72. The van der Waals surface area contributed by atoms with Crippen molar-refractivity contribution in [3.63, 3.8) is 0 Å². The van der Waals surface area contributed by atoms with Gasteiger partial charge in [0.05, 0.1) is 23.0 Å². The monoisotopic (exact) mass is 417 g/mol. The quantitative estimate of drug-likeness (QED) is 0.527. The fourth-order valence-corrected chi connectivity index (χ4v) is 4.62. The Morgan fingerprint density at radius 1 is 1.28 bits per heavy atom. The van der Waals surface area contributed by atoms with E-state index in [1.807, 2.05) is 13.1 Å². The molecule has 1 atom stereocenters. The molecule has 0 aliphatic carbocycles. The molecule has 7 heteroatoms. The lowest BCUT2D eigenvalue weighted by molar-refractivity contribution is 0.146. The van der Waals surface area contributed by atoms with Crippen molar-refractivity contribution in [2.45, 2.75) is 57.9 Å². The Labute approximate surface area is 178 Å². The number of guanidine groups is 1. The molecular formula is C22H35N5OS. The molecule has 1 aliphatic rings. The molecular weight excluding hydrogens is 382 g/mol. The van der Waals surface area contributed by atoms with Crippen LogP contribution in [0.5, 0.6) is 0 Å². The standard InChI is InChI=1S/C22H35N5OS/c1-22(2,3)19-16-29-20(26-19)10-11-24-21(23-4)25-15-17(18-9-8-14-28-18)27-12-6-5-7-13-27/h8-9,14,16-17H,5-7,10-13,15H2,1-4H3,(H2,23,24,25). The van der Waals surface area contributed by atoms with E-state index in [2.05, 4.69) is 52.7 Å². The van der Waals surface area contributed by atoms with Gasteiger partial charge in [0.2, 0.25) is 0 Å². The first kappa shape index (κ1) is 21.8. The summed E-state index contributed by atoms with van der Waals surface area (Å²) in [6, 6.07) is 4.28. The molecule has 2 aromatic heterocycles.